The first-order valence-corrected chi connectivity index (χ1v) is 14.5. The van der Waals surface area contributed by atoms with E-state index < -0.39 is 0 Å². The number of fused-ring (bicyclic) bond motifs is 1. The van der Waals surface area contributed by atoms with Gasteiger partial charge in [-0.05, 0) is 90.8 Å². The molecule has 41 heavy (non-hydrogen) atoms. The highest BCUT2D eigenvalue weighted by Gasteiger charge is 2.35. The van der Waals surface area contributed by atoms with Crippen molar-refractivity contribution < 1.29 is 9.18 Å². The third-order valence-corrected chi connectivity index (χ3v) is 8.76. The number of aliphatic imine (C=N–C) groups is 1. The number of carbonyl (C=O) groups excluding carboxylic acids is 1. The summed E-state index contributed by atoms with van der Waals surface area (Å²) in [5.74, 6) is -0.458. The minimum atomic E-state index is -0.266. The normalized spacial score (nSPS) is 15.5. The molecule has 8 heteroatoms. The third-order valence-electron chi connectivity index (χ3n) is 6.97. The Morgan fingerprint density at radius 1 is 0.902 bits per heavy atom. The van der Waals surface area contributed by atoms with E-state index in [-0.39, 0.29) is 11.7 Å². The molecule has 5 aromatic rings. The lowest BCUT2D eigenvalue weighted by molar-refractivity contribution is -0.113. The summed E-state index contributed by atoms with van der Waals surface area (Å²) in [6.07, 6.45) is 3.93. The molecular weight excluding hydrogens is 576 g/mol. The predicted octanol–water partition coefficient (Wildman–Crippen LogP) is 9.56. The fraction of sp³-hybridized carbons (Fsp3) is 0.0909. The van der Waals surface area contributed by atoms with Crippen molar-refractivity contribution >= 4 is 74.4 Å². The molecule has 1 aromatic heterocycles. The van der Waals surface area contributed by atoms with Crippen LogP contribution in [0.1, 0.15) is 22.3 Å². The molecule has 4 nitrogen and oxygen atoms in total. The Labute approximate surface area is 251 Å². The van der Waals surface area contributed by atoms with Crippen molar-refractivity contribution in [2.45, 2.75) is 20.4 Å². The second-order valence-electron chi connectivity index (χ2n) is 9.87. The van der Waals surface area contributed by atoms with Crippen LogP contribution in [-0.2, 0) is 11.3 Å². The highest BCUT2D eigenvalue weighted by molar-refractivity contribution is 8.19. The van der Waals surface area contributed by atoms with Gasteiger partial charge >= 0.3 is 0 Å². The Morgan fingerprint density at radius 3 is 2.34 bits per heavy atom. The minimum absolute atomic E-state index is 0.192. The van der Waals surface area contributed by atoms with Crippen molar-refractivity contribution in [1.82, 2.24) is 4.57 Å². The molecule has 1 fully saturated rings. The van der Waals surface area contributed by atoms with Crippen LogP contribution >= 0.6 is 35.0 Å². The van der Waals surface area contributed by atoms with E-state index in [1.165, 1.54) is 23.9 Å². The van der Waals surface area contributed by atoms with Crippen molar-refractivity contribution in [1.29, 1.82) is 0 Å². The van der Waals surface area contributed by atoms with Crippen molar-refractivity contribution in [3.63, 3.8) is 0 Å². The molecule has 1 amide bonds. The van der Waals surface area contributed by atoms with Gasteiger partial charge in [-0.25, -0.2) is 9.38 Å². The van der Waals surface area contributed by atoms with Crippen molar-refractivity contribution in [3.8, 4) is 0 Å². The van der Waals surface area contributed by atoms with Gasteiger partial charge in [0.05, 0.1) is 16.3 Å². The minimum Gasteiger partial charge on any atom is -0.342 e. The smallest absolute Gasteiger partial charge is 0.271 e. The van der Waals surface area contributed by atoms with Crippen LogP contribution in [0, 0.1) is 19.7 Å². The van der Waals surface area contributed by atoms with Crippen molar-refractivity contribution in [2.75, 3.05) is 4.90 Å². The maximum absolute atomic E-state index is 13.9. The van der Waals surface area contributed by atoms with Gasteiger partial charge in [0.15, 0.2) is 5.17 Å². The van der Waals surface area contributed by atoms with E-state index in [1.54, 1.807) is 29.2 Å². The molecule has 0 radical (unpaired) electrons. The van der Waals surface area contributed by atoms with Gasteiger partial charge in [0, 0.05) is 39.3 Å². The molecular formula is C33H24Cl2FN3OS. The summed E-state index contributed by atoms with van der Waals surface area (Å²) in [7, 11) is 0. The third kappa shape index (κ3) is 5.55. The average Bonchev–Trinajstić information content (AvgIpc) is 3.45. The maximum atomic E-state index is 13.9. The molecule has 0 spiro atoms. The molecule has 2 heterocycles. The van der Waals surface area contributed by atoms with Crippen LogP contribution in [0.25, 0.3) is 17.0 Å². The second-order valence-corrected chi connectivity index (χ2v) is 11.7. The number of anilines is 1. The van der Waals surface area contributed by atoms with Crippen LogP contribution in [-0.4, -0.2) is 15.6 Å². The molecule has 0 bridgehead atoms. The number of halogens is 3. The lowest BCUT2D eigenvalue weighted by Crippen LogP contribution is -2.28. The molecule has 204 valence electrons. The number of carbonyl (C=O) groups is 1. The number of aromatic nitrogens is 1. The Bertz CT molecular complexity index is 1880. The number of aryl methyl sites for hydroxylation is 2. The van der Waals surface area contributed by atoms with E-state index >= 15 is 0 Å². The maximum Gasteiger partial charge on any atom is 0.271 e. The fourth-order valence-corrected chi connectivity index (χ4v) is 6.05. The quantitative estimate of drug-likeness (QED) is 0.189. The van der Waals surface area contributed by atoms with Crippen LogP contribution in [0.15, 0.2) is 101 Å². The van der Waals surface area contributed by atoms with Crippen molar-refractivity contribution in [2.24, 2.45) is 4.99 Å². The molecule has 0 atom stereocenters. The summed E-state index contributed by atoms with van der Waals surface area (Å²) in [6, 6.07) is 25.6. The van der Waals surface area contributed by atoms with Gasteiger partial charge in [-0.2, -0.15) is 0 Å². The van der Waals surface area contributed by atoms with E-state index in [2.05, 4.69) is 4.57 Å². The molecule has 4 aromatic carbocycles. The largest absolute Gasteiger partial charge is 0.342 e. The Kier molecular flexibility index (Phi) is 7.47. The van der Waals surface area contributed by atoms with Gasteiger partial charge in [0.1, 0.15) is 5.82 Å². The van der Waals surface area contributed by atoms with E-state index in [4.69, 9.17) is 28.2 Å². The van der Waals surface area contributed by atoms with E-state index in [0.717, 1.165) is 33.2 Å². The second kappa shape index (κ2) is 11.2. The molecule has 0 N–H and O–H groups in total. The van der Waals surface area contributed by atoms with Crippen molar-refractivity contribution in [3.05, 3.63) is 134 Å². The topological polar surface area (TPSA) is 37.6 Å². The van der Waals surface area contributed by atoms with E-state index in [1.807, 2.05) is 74.7 Å². The van der Waals surface area contributed by atoms with Crippen LogP contribution < -0.4 is 4.90 Å². The van der Waals surface area contributed by atoms with Gasteiger partial charge in [-0.3, -0.25) is 9.69 Å². The Balaban J connectivity index is 1.43. The summed E-state index contributed by atoms with van der Waals surface area (Å²) in [5.41, 5.74) is 6.05. The van der Waals surface area contributed by atoms with Crippen LogP contribution in [0.2, 0.25) is 10.0 Å². The van der Waals surface area contributed by atoms with Crippen LogP contribution in [0.4, 0.5) is 15.8 Å². The fourth-order valence-electron chi connectivity index (χ4n) is 4.71. The zero-order valence-corrected chi connectivity index (χ0v) is 24.6. The number of amidine groups is 1. The van der Waals surface area contributed by atoms with Crippen LogP contribution in [0.5, 0.6) is 0 Å². The van der Waals surface area contributed by atoms with Crippen LogP contribution in [0.3, 0.4) is 0 Å². The molecule has 0 aliphatic carbocycles. The lowest BCUT2D eigenvalue weighted by atomic mass is 10.1. The number of thioether (sulfide) groups is 1. The lowest BCUT2D eigenvalue weighted by Gasteiger charge is -2.16. The van der Waals surface area contributed by atoms with Gasteiger partial charge in [0.25, 0.3) is 5.91 Å². The first-order valence-electron chi connectivity index (χ1n) is 12.9. The van der Waals surface area contributed by atoms with E-state index in [0.29, 0.717) is 38.0 Å². The number of rotatable bonds is 5. The number of nitrogens with zero attached hydrogens (tertiary/aromatic N) is 3. The molecule has 0 unspecified atom stereocenters. The highest BCUT2D eigenvalue weighted by atomic mass is 35.5. The van der Waals surface area contributed by atoms with Gasteiger partial charge in [-0.1, -0.05) is 65.7 Å². The van der Waals surface area contributed by atoms with E-state index in [9.17, 15) is 9.18 Å². The first kappa shape index (κ1) is 27.3. The first-order chi connectivity index (χ1) is 19.8. The Morgan fingerprint density at radius 2 is 1.61 bits per heavy atom. The molecule has 0 saturated carbocycles. The number of benzene rings is 4. The monoisotopic (exact) mass is 599 g/mol. The molecule has 1 aliphatic heterocycles. The summed E-state index contributed by atoms with van der Waals surface area (Å²) >= 11 is 14.1. The molecule has 1 aliphatic rings. The number of hydrogen-bond donors (Lipinski definition) is 0. The number of hydrogen-bond acceptors (Lipinski definition) is 3. The Hall–Kier alpha value is -3.84. The SMILES string of the molecule is Cc1ccc(N=C2S/C(=C\c3cn(Cc4ccc(F)cc4)c4ccccc34)C(=O)N2c2ccc(C)c(Cl)c2)cc1Cl. The highest BCUT2D eigenvalue weighted by Crippen LogP contribution is 2.39. The molecule has 6 rings (SSSR count). The van der Waals surface area contributed by atoms with Gasteiger partial charge in [-0.15, -0.1) is 0 Å². The summed E-state index contributed by atoms with van der Waals surface area (Å²) in [4.78, 5) is 20.9. The zero-order valence-electron chi connectivity index (χ0n) is 22.2. The predicted molar refractivity (Wildman–Crippen MR) is 170 cm³/mol. The van der Waals surface area contributed by atoms with Gasteiger partial charge < -0.3 is 4.57 Å². The average molecular weight is 601 g/mol. The summed E-state index contributed by atoms with van der Waals surface area (Å²) in [5, 5.41) is 2.70. The molecule has 1 saturated heterocycles. The number of amides is 1. The number of para-hydroxylation sites is 1. The summed E-state index contributed by atoms with van der Waals surface area (Å²) < 4.78 is 15.6. The summed E-state index contributed by atoms with van der Waals surface area (Å²) in [6.45, 7) is 4.42. The zero-order chi connectivity index (χ0) is 28.7. The van der Waals surface area contributed by atoms with Gasteiger partial charge in [0.2, 0.25) is 0 Å². The standard InChI is InChI=1S/C33H24Cl2FN3OS/c1-20-7-13-25(16-28(20)34)37-33-39(26-14-8-21(2)29(35)17-26)32(40)31(41-33)15-23-19-38(30-6-4-3-5-27(23)30)18-22-9-11-24(36)12-10-22/h3-17,19H,18H2,1-2H3/b31-15-,37-33?.